The van der Waals surface area contributed by atoms with Gasteiger partial charge in [0.15, 0.2) is 0 Å². The van der Waals surface area contributed by atoms with Gasteiger partial charge in [0.2, 0.25) is 11.8 Å². The number of benzene rings is 1. The normalized spacial score (nSPS) is 15.1. The van der Waals surface area contributed by atoms with Crippen LogP contribution in [0, 0.1) is 6.92 Å². The Morgan fingerprint density at radius 1 is 1.18 bits per heavy atom. The third-order valence-corrected chi connectivity index (χ3v) is 7.48. The Bertz CT molecular complexity index is 1100. The molecule has 1 aromatic carbocycles. The third-order valence-electron chi connectivity index (χ3n) is 6.60. The van der Waals surface area contributed by atoms with Crippen LogP contribution in [0.2, 0.25) is 0 Å². The SMILES string of the molecule is CCc1ccc(N(C(=O)Cc2cccs2)[C@@H](C(=O)NC2CCCCC2)c2cn(C)nc2C)cc1. The van der Waals surface area contributed by atoms with Crippen molar-refractivity contribution < 1.29 is 9.59 Å². The minimum absolute atomic E-state index is 0.0984. The number of carbonyl (C=O) groups excluding carboxylic acids is 2. The first kappa shape index (κ1) is 24.2. The van der Waals surface area contributed by atoms with Crippen molar-refractivity contribution in [2.24, 2.45) is 7.05 Å². The van der Waals surface area contributed by atoms with E-state index in [9.17, 15) is 9.59 Å². The van der Waals surface area contributed by atoms with Crippen LogP contribution >= 0.6 is 11.3 Å². The van der Waals surface area contributed by atoms with E-state index < -0.39 is 6.04 Å². The molecule has 7 heteroatoms. The maximum Gasteiger partial charge on any atom is 0.248 e. The highest BCUT2D eigenvalue weighted by Gasteiger charge is 2.36. The topological polar surface area (TPSA) is 67.2 Å². The van der Waals surface area contributed by atoms with E-state index in [-0.39, 0.29) is 24.3 Å². The van der Waals surface area contributed by atoms with E-state index in [1.807, 2.05) is 61.9 Å². The number of aryl methyl sites for hydroxylation is 3. The summed E-state index contributed by atoms with van der Waals surface area (Å²) in [6.45, 7) is 4.01. The van der Waals surface area contributed by atoms with Crippen LogP contribution in [0.1, 0.15) is 66.8 Å². The van der Waals surface area contributed by atoms with Gasteiger partial charge in [0.05, 0.1) is 12.1 Å². The van der Waals surface area contributed by atoms with Crippen LogP contribution in [0.15, 0.2) is 48.0 Å². The lowest BCUT2D eigenvalue weighted by Crippen LogP contribution is -2.47. The number of carbonyl (C=O) groups is 2. The van der Waals surface area contributed by atoms with E-state index in [1.54, 1.807) is 20.9 Å². The molecule has 1 aliphatic rings. The van der Waals surface area contributed by atoms with Gasteiger partial charge in [-0.1, -0.05) is 44.4 Å². The van der Waals surface area contributed by atoms with Crippen LogP contribution in [0.5, 0.6) is 0 Å². The van der Waals surface area contributed by atoms with E-state index in [0.29, 0.717) is 0 Å². The van der Waals surface area contributed by atoms with E-state index in [1.165, 1.54) is 12.0 Å². The minimum atomic E-state index is -0.782. The molecule has 0 aliphatic heterocycles. The Morgan fingerprint density at radius 2 is 1.91 bits per heavy atom. The molecule has 1 saturated carbocycles. The Hall–Kier alpha value is -2.93. The lowest BCUT2D eigenvalue weighted by Gasteiger charge is -2.33. The fourth-order valence-electron chi connectivity index (χ4n) is 4.79. The van der Waals surface area contributed by atoms with Crippen molar-refractivity contribution in [1.82, 2.24) is 15.1 Å². The van der Waals surface area contributed by atoms with Gasteiger partial charge < -0.3 is 5.32 Å². The first-order chi connectivity index (χ1) is 16.5. The Labute approximate surface area is 206 Å². The Morgan fingerprint density at radius 3 is 2.50 bits per heavy atom. The summed E-state index contributed by atoms with van der Waals surface area (Å²) in [5.74, 6) is -0.235. The predicted molar refractivity (Wildman–Crippen MR) is 137 cm³/mol. The number of aromatic nitrogens is 2. The van der Waals surface area contributed by atoms with Crippen LogP contribution < -0.4 is 10.2 Å². The zero-order valence-electron chi connectivity index (χ0n) is 20.3. The van der Waals surface area contributed by atoms with Crippen LogP contribution in [0.4, 0.5) is 5.69 Å². The quantitative estimate of drug-likeness (QED) is 0.489. The number of nitrogens with one attached hydrogen (secondary N) is 1. The van der Waals surface area contributed by atoms with Crippen molar-refractivity contribution in [2.45, 2.75) is 70.9 Å². The standard InChI is InChI=1S/C27H34N4O2S/c1-4-20-12-14-22(15-13-20)31(25(32)17-23-11-8-16-34-23)26(24-18-30(3)29-19(24)2)27(33)28-21-9-6-5-7-10-21/h8,11-16,18,21,26H,4-7,9-10,17H2,1-3H3,(H,28,33)/t26-/m1/s1. The molecule has 1 atom stereocenters. The number of thiophene rings is 1. The molecule has 2 aromatic heterocycles. The molecule has 2 amide bonds. The number of anilines is 1. The summed E-state index contributed by atoms with van der Waals surface area (Å²) in [4.78, 5) is 30.4. The molecule has 0 spiro atoms. The molecule has 0 radical (unpaired) electrons. The molecule has 1 aliphatic carbocycles. The summed E-state index contributed by atoms with van der Waals surface area (Å²) in [6.07, 6.45) is 8.47. The van der Waals surface area contributed by atoms with Crippen LogP contribution in [0.3, 0.4) is 0 Å². The van der Waals surface area contributed by atoms with Gasteiger partial charge in [-0.25, -0.2) is 0 Å². The fourth-order valence-corrected chi connectivity index (χ4v) is 5.48. The second-order valence-corrected chi connectivity index (χ2v) is 10.2. The summed E-state index contributed by atoms with van der Waals surface area (Å²) in [7, 11) is 1.85. The van der Waals surface area contributed by atoms with Gasteiger partial charge >= 0.3 is 0 Å². The van der Waals surface area contributed by atoms with Gasteiger partial charge in [-0.3, -0.25) is 19.2 Å². The molecule has 1 N–H and O–H groups in total. The zero-order valence-corrected chi connectivity index (χ0v) is 21.1. The number of nitrogens with zero attached hydrogens (tertiary/aromatic N) is 3. The summed E-state index contributed by atoms with van der Waals surface area (Å²) < 4.78 is 1.72. The minimum Gasteiger partial charge on any atom is -0.351 e. The number of rotatable bonds is 8. The van der Waals surface area contributed by atoms with Crippen molar-refractivity contribution in [3.8, 4) is 0 Å². The van der Waals surface area contributed by atoms with Gasteiger partial charge in [0.25, 0.3) is 0 Å². The Kier molecular flexibility index (Phi) is 7.83. The second kappa shape index (κ2) is 11.0. The summed E-state index contributed by atoms with van der Waals surface area (Å²) in [6, 6.07) is 11.3. The van der Waals surface area contributed by atoms with Crippen molar-refractivity contribution >= 4 is 28.8 Å². The maximum absolute atomic E-state index is 13.9. The molecule has 1 fully saturated rings. The smallest absolute Gasteiger partial charge is 0.248 e. The van der Waals surface area contributed by atoms with Gasteiger partial charge in [0, 0.05) is 35.4 Å². The van der Waals surface area contributed by atoms with Gasteiger partial charge in [0.1, 0.15) is 6.04 Å². The highest BCUT2D eigenvalue weighted by atomic mass is 32.1. The molecule has 2 heterocycles. The average molecular weight is 479 g/mol. The number of hydrogen-bond donors (Lipinski definition) is 1. The monoisotopic (exact) mass is 478 g/mol. The average Bonchev–Trinajstić information content (AvgIpc) is 3.46. The number of hydrogen-bond acceptors (Lipinski definition) is 4. The largest absolute Gasteiger partial charge is 0.351 e. The second-order valence-electron chi connectivity index (χ2n) is 9.13. The molecule has 0 bridgehead atoms. The maximum atomic E-state index is 13.9. The first-order valence-electron chi connectivity index (χ1n) is 12.2. The van der Waals surface area contributed by atoms with E-state index in [0.717, 1.165) is 53.9 Å². The van der Waals surface area contributed by atoms with Crippen LogP contribution in [0.25, 0.3) is 0 Å². The van der Waals surface area contributed by atoms with Gasteiger partial charge in [-0.05, 0) is 55.3 Å². The van der Waals surface area contributed by atoms with Crippen molar-refractivity contribution in [1.29, 1.82) is 0 Å². The van der Waals surface area contributed by atoms with Gasteiger partial charge in [-0.15, -0.1) is 11.3 Å². The molecule has 180 valence electrons. The summed E-state index contributed by atoms with van der Waals surface area (Å²) >= 11 is 1.56. The van der Waals surface area contributed by atoms with Gasteiger partial charge in [-0.2, -0.15) is 5.10 Å². The highest BCUT2D eigenvalue weighted by Crippen LogP contribution is 2.32. The fraction of sp³-hybridized carbons (Fsp3) is 0.444. The molecule has 0 saturated heterocycles. The van der Waals surface area contributed by atoms with Crippen LogP contribution in [-0.2, 0) is 29.5 Å². The van der Waals surface area contributed by atoms with Crippen molar-refractivity contribution in [3.63, 3.8) is 0 Å². The zero-order chi connectivity index (χ0) is 24.1. The lowest BCUT2D eigenvalue weighted by molar-refractivity contribution is -0.127. The molecular formula is C27H34N4O2S. The van der Waals surface area contributed by atoms with Crippen molar-refractivity contribution in [2.75, 3.05) is 4.90 Å². The molecule has 4 rings (SSSR count). The predicted octanol–water partition coefficient (Wildman–Crippen LogP) is 5.12. The van der Waals surface area contributed by atoms with Crippen LogP contribution in [-0.4, -0.2) is 27.6 Å². The van der Waals surface area contributed by atoms with E-state index >= 15 is 0 Å². The molecule has 3 aromatic rings. The number of amides is 2. The summed E-state index contributed by atoms with van der Waals surface area (Å²) in [5.41, 5.74) is 3.43. The van der Waals surface area contributed by atoms with Crippen molar-refractivity contribution in [3.05, 3.63) is 69.7 Å². The first-order valence-corrected chi connectivity index (χ1v) is 13.1. The molecular weight excluding hydrogens is 444 g/mol. The van der Waals surface area contributed by atoms with E-state index in [4.69, 9.17) is 0 Å². The molecule has 0 unspecified atom stereocenters. The Balaban J connectivity index is 1.75. The highest BCUT2D eigenvalue weighted by molar-refractivity contribution is 7.10. The molecule has 6 nitrogen and oxygen atoms in total. The lowest BCUT2D eigenvalue weighted by atomic mass is 9.94. The van der Waals surface area contributed by atoms with E-state index in [2.05, 4.69) is 17.3 Å². The third kappa shape index (κ3) is 5.58. The summed E-state index contributed by atoms with van der Waals surface area (Å²) in [5, 5.41) is 9.75. The molecule has 34 heavy (non-hydrogen) atoms.